The highest BCUT2D eigenvalue weighted by molar-refractivity contribution is 7.89. The Balaban J connectivity index is 1.71. The number of aromatic nitrogens is 3. The molecule has 4 rings (SSSR count). The first-order valence-corrected chi connectivity index (χ1v) is 15.2. The number of nitrogens with zero attached hydrogens (tertiary/aromatic N) is 3. The number of rotatable bonds is 10. The zero-order chi connectivity index (χ0) is 29.6. The van der Waals surface area contributed by atoms with E-state index < -0.39 is 43.5 Å². The maximum absolute atomic E-state index is 13.0. The van der Waals surface area contributed by atoms with Crippen molar-refractivity contribution >= 4 is 50.5 Å². The van der Waals surface area contributed by atoms with Gasteiger partial charge in [0.25, 0.3) is 5.89 Å². The lowest BCUT2D eigenvalue weighted by molar-refractivity contribution is -0.147. The molecule has 1 unspecified atom stereocenters. The lowest BCUT2D eigenvalue weighted by Gasteiger charge is -2.24. The van der Waals surface area contributed by atoms with E-state index in [2.05, 4.69) is 15.2 Å². The Hall–Kier alpha value is -2.26. The van der Waals surface area contributed by atoms with Gasteiger partial charge in [0.1, 0.15) is 10.9 Å². The van der Waals surface area contributed by atoms with Gasteiger partial charge in [-0.15, -0.1) is 21.5 Å². The zero-order valence-electron chi connectivity index (χ0n) is 21.5. The number of benzene rings is 1. The second kappa shape index (κ2) is 11.2. The zero-order valence-corrected chi connectivity index (χ0v) is 24.6. The minimum Gasteiger partial charge on any atom is -0.481 e. The molecular weight excluding hydrogens is 616 g/mol. The Morgan fingerprint density at radius 2 is 1.90 bits per heavy atom. The SMILES string of the molecule is CC(NS(=O)(=O)c1ccc(-c2sc(-c3nnc(CC(C)(C)C(=O)O)o3)nc2CC2CCC2)c(Cl)c1Cl)C(F)(F)F. The first kappa shape index (κ1) is 30.7. The minimum atomic E-state index is -4.79. The predicted octanol–water partition coefficient (Wildman–Crippen LogP) is 6.39. The van der Waals surface area contributed by atoms with Gasteiger partial charge < -0.3 is 9.52 Å². The summed E-state index contributed by atoms with van der Waals surface area (Å²) in [5, 5.41) is 17.1. The summed E-state index contributed by atoms with van der Waals surface area (Å²) in [4.78, 5) is 16.1. The Bertz CT molecular complexity index is 1540. The molecule has 2 heterocycles. The van der Waals surface area contributed by atoms with Crippen LogP contribution >= 0.6 is 34.5 Å². The molecule has 2 N–H and O–H groups in total. The molecule has 16 heteroatoms. The van der Waals surface area contributed by atoms with E-state index in [1.807, 2.05) is 0 Å². The van der Waals surface area contributed by atoms with Gasteiger partial charge in [0.05, 0.1) is 26.0 Å². The van der Waals surface area contributed by atoms with Gasteiger partial charge in [-0.3, -0.25) is 4.79 Å². The third kappa shape index (κ3) is 6.46. The van der Waals surface area contributed by atoms with Crippen LogP contribution in [0.4, 0.5) is 13.2 Å². The van der Waals surface area contributed by atoms with E-state index in [0.717, 1.165) is 36.7 Å². The summed E-state index contributed by atoms with van der Waals surface area (Å²) in [6.07, 6.45) is -1.09. The number of carbonyl (C=O) groups is 1. The van der Waals surface area contributed by atoms with Gasteiger partial charge in [0, 0.05) is 12.0 Å². The van der Waals surface area contributed by atoms with Crippen molar-refractivity contribution in [2.24, 2.45) is 11.3 Å². The molecule has 2 aromatic heterocycles. The van der Waals surface area contributed by atoms with E-state index in [9.17, 15) is 31.5 Å². The summed E-state index contributed by atoms with van der Waals surface area (Å²) in [6.45, 7) is 3.75. The van der Waals surface area contributed by atoms with Crippen LogP contribution in [-0.2, 0) is 27.7 Å². The van der Waals surface area contributed by atoms with Gasteiger partial charge in [0.15, 0.2) is 5.01 Å². The van der Waals surface area contributed by atoms with E-state index in [1.165, 1.54) is 19.9 Å². The lowest BCUT2D eigenvalue weighted by atomic mass is 9.82. The molecule has 0 saturated heterocycles. The molecule has 1 aliphatic rings. The summed E-state index contributed by atoms with van der Waals surface area (Å²) >= 11 is 14.0. The topological polar surface area (TPSA) is 135 Å². The van der Waals surface area contributed by atoms with Crippen molar-refractivity contribution in [3.8, 4) is 21.3 Å². The number of carboxylic acid groups (broad SMARTS) is 1. The smallest absolute Gasteiger partial charge is 0.404 e. The van der Waals surface area contributed by atoms with E-state index in [0.29, 0.717) is 40.4 Å². The van der Waals surface area contributed by atoms with Crippen molar-refractivity contribution in [1.29, 1.82) is 0 Å². The Morgan fingerprint density at radius 1 is 1.23 bits per heavy atom. The fourth-order valence-electron chi connectivity index (χ4n) is 3.91. The van der Waals surface area contributed by atoms with Crippen LogP contribution in [0.1, 0.15) is 51.6 Å². The van der Waals surface area contributed by atoms with Crippen LogP contribution in [0.2, 0.25) is 10.0 Å². The average Bonchev–Trinajstić information content (AvgIpc) is 3.43. The number of sulfonamides is 1. The van der Waals surface area contributed by atoms with Crippen molar-refractivity contribution in [3.63, 3.8) is 0 Å². The quantitative estimate of drug-likeness (QED) is 0.260. The summed E-state index contributed by atoms with van der Waals surface area (Å²) in [5.41, 5.74) is -0.140. The Kier molecular flexibility index (Phi) is 8.59. The van der Waals surface area contributed by atoms with Crippen LogP contribution in [0, 0.1) is 11.3 Å². The van der Waals surface area contributed by atoms with Crippen molar-refractivity contribution in [1.82, 2.24) is 19.9 Å². The number of nitrogens with one attached hydrogen (secondary N) is 1. The molecule has 40 heavy (non-hydrogen) atoms. The van der Waals surface area contributed by atoms with Gasteiger partial charge in [-0.2, -0.15) is 17.9 Å². The summed E-state index contributed by atoms with van der Waals surface area (Å²) in [7, 11) is -4.65. The maximum Gasteiger partial charge on any atom is 0.404 e. The molecule has 1 fully saturated rings. The molecule has 1 saturated carbocycles. The lowest BCUT2D eigenvalue weighted by Crippen LogP contribution is -2.43. The number of carboxylic acids is 1. The third-order valence-corrected chi connectivity index (χ3v) is 10.3. The fraction of sp³-hybridized carbons (Fsp3) is 0.500. The second-order valence-electron chi connectivity index (χ2n) is 10.3. The van der Waals surface area contributed by atoms with Gasteiger partial charge >= 0.3 is 12.1 Å². The van der Waals surface area contributed by atoms with Gasteiger partial charge in [-0.05, 0) is 39.2 Å². The second-order valence-corrected chi connectivity index (χ2v) is 13.7. The van der Waals surface area contributed by atoms with Crippen LogP contribution in [0.15, 0.2) is 21.4 Å². The number of hydrogen-bond acceptors (Lipinski definition) is 8. The normalized spacial score (nSPS) is 15.7. The maximum atomic E-state index is 13.0. The van der Waals surface area contributed by atoms with Crippen LogP contribution in [0.5, 0.6) is 0 Å². The fourth-order valence-corrected chi connectivity index (χ4v) is 7.10. The largest absolute Gasteiger partial charge is 0.481 e. The summed E-state index contributed by atoms with van der Waals surface area (Å²) in [6, 6.07) is 0.128. The molecule has 1 atom stereocenters. The Morgan fingerprint density at radius 3 is 2.48 bits per heavy atom. The molecule has 9 nitrogen and oxygen atoms in total. The molecule has 3 aromatic rings. The Labute approximate surface area is 242 Å². The highest BCUT2D eigenvalue weighted by Gasteiger charge is 2.39. The third-order valence-electron chi connectivity index (χ3n) is 6.63. The number of thiazole rings is 1. The van der Waals surface area contributed by atoms with Crippen LogP contribution in [0.3, 0.4) is 0 Å². The molecule has 218 valence electrons. The van der Waals surface area contributed by atoms with Gasteiger partial charge in [-0.25, -0.2) is 13.4 Å². The van der Waals surface area contributed by atoms with E-state index >= 15 is 0 Å². The number of halogens is 5. The molecule has 0 bridgehead atoms. The predicted molar refractivity (Wildman–Crippen MR) is 143 cm³/mol. The highest BCUT2D eigenvalue weighted by Crippen LogP contribution is 2.45. The van der Waals surface area contributed by atoms with Crippen molar-refractivity contribution in [2.45, 2.75) is 70.0 Å². The number of aliphatic carboxylic acids is 1. The van der Waals surface area contributed by atoms with Crippen LogP contribution < -0.4 is 4.72 Å². The molecule has 0 aliphatic heterocycles. The van der Waals surface area contributed by atoms with Crippen LogP contribution in [0.25, 0.3) is 21.3 Å². The van der Waals surface area contributed by atoms with E-state index in [4.69, 9.17) is 27.6 Å². The molecule has 1 aliphatic carbocycles. The monoisotopic (exact) mass is 640 g/mol. The first-order valence-electron chi connectivity index (χ1n) is 12.1. The molecule has 0 amide bonds. The number of hydrogen-bond donors (Lipinski definition) is 2. The van der Waals surface area contributed by atoms with Crippen molar-refractivity contribution in [2.75, 3.05) is 0 Å². The number of alkyl halides is 3. The van der Waals surface area contributed by atoms with Crippen LogP contribution in [-0.4, -0.2) is 46.9 Å². The molecular formula is C24H25Cl2F3N4O5S2. The molecule has 0 spiro atoms. The average molecular weight is 642 g/mol. The highest BCUT2D eigenvalue weighted by atomic mass is 35.5. The summed E-state index contributed by atoms with van der Waals surface area (Å²) < 4.78 is 71.5. The van der Waals surface area contributed by atoms with Crippen molar-refractivity contribution in [3.05, 3.63) is 33.8 Å². The van der Waals surface area contributed by atoms with E-state index in [-0.39, 0.29) is 23.2 Å². The van der Waals surface area contributed by atoms with E-state index in [1.54, 1.807) is 4.72 Å². The molecule has 0 radical (unpaired) electrons. The van der Waals surface area contributed by atoms with Gasteiger partial charge in [-0.1, -0.05) is 48.5 Å². The standard InChI is InChI=1S/C24H25Cl2F3N4O5S2/c1-11(24(27,28)29)33-40(36,37)15-8-7-13(17(25)18(15)26)19-14(9-12-5-4-6-12)30-21(39-19)20-32-31-16(38-20)10-23(2,3)22(34)35/h7-8,11-12,33H,4-6,9-10H2,1-3H3,(H,34,35). The van der Waals surface area contributed by atoms with Gasteiger partial charge in [0.2, 0.25) is 15.9 Å². The molecule has 1 aromatic carbocycles. The summed E-state index contributed by atoms with van der Waals surface area (Å²) in [5.74, 6) is -0.443. The van der Waals surface area contributed by atoms with Crippen molar-refractivity contribution < 1.29 is 35.9 Å². The minimum absolute atomic E-state index is 0.000854. The first-order chi connectivity index (χ1) is 18.5.